The first-order chi connectivity index (χ1) is 12.3. The molecule has 2 heterocycles. The van der Waals surface area contributed by atoms with Crippen molar-refractivity contribution in [2.45, 2.75) is 6.42 Å². The zero-order chi connectivity index (χ0) is 17.2. The number of carbonyl (C=O) groups excluding carboxylic acids is 1. The van der Waals surface area contributed by atoms with Crippen molar-refractivity contribution in [3.05, 3.63) is 66.7 Å². The Morgan fingerprint density at radius 3 is 2.92 bits per heavy atom. The van der Waals surface area contributed by atoms with Crippen molar-refractivity contribution in [2.24, 2.45) is 0 Å². The number of nitrogens with one attached hydrogen (secondary N) is 1. The third-order valence-corrected chi connectivity index (χ3v) is 4.35. The van der Waals surface area contributed by atoms with E-state index in [4.69, 9.17) is 4.74 Å². The quantitative estimate of drug-likeness (QED) is 0.798. The highest BCUT2D eigenvalue weighted by molar-refractivity contribution is 6.03. The van der Waals surface area contributed by atoms with Crippen molar-refractivity contribution in [2.75, 3.05) is 23.9 Å². The Kier molecular flexibility index (Phi) is 3.85. The number of imidazole rings is 1. The first kappa shape index (κ1) is 15.3. The van der Waals surface area contributed by atoms with Crippen LogP contribution >= 0.6 is 0 Å². The van der Waals surface area contributed by atoms with Gasteiger partial charge in [-0.15, -0.1) is 0 Å². The van der Waals surface area contributed by atoms with Crippen LogP contribution < -0.4 is 15.0 Å². The van der Waals surface area contributed by atoms with Crippen molar-refractivity contribution < 1.29 is 9.53 Å². The van der Waals surface area contributed by atoms with E-state index in [1.807, 2.05) is 53.2 Å². The zero-order valence-electron chi connectivity index (χ0n) is 13.8. The molecule has 0 fully saturated rings. The van der Waals surface area contributed by atoms with Gasteiger partial charge in [-0.05, 0) is 36.8 Å². The molecule has 0 aliphatic carbocycles. The molecule has 1 N–H and O–H groups in total. The van der Waals surface area contributed by atoms with Crippen molar-refractivity contribution in [3.63, 3.8) is 0 Å². The van der Waals surface area contributed by atoms with Crippen molar-refractivity contribution in [3.8, 4) is 11.4 Å². The van der Waals surface area contributed by atoms with Crippen LogP contribution in [0.25, 0.3) is 5.69 Å². The summed E-state index contributed by atoms with van der Waals surface area (Å²) in [4.78, 5) is 18.5. The lowest BCUT2D eigenvalue weighted by Crippen LogP contribution is -2.33. The fourth-order valence-corrected chi connectivity index (χ4v) is 3.15. The largest absolute Gasteiger partial charge is 0.496 e. The monoisotopic (exact) mass is 334 g/mol. The van der Waals surface area contributed by atoms with Crippen LogP contribution in [0.4, 0.5) is 16.2 Å². The van der Waals surface area contributed by atoms with Gasteiger partial charge in [0.05, 0.1) is 19.1 Å². The summed E-state index contributed by atoms with van der Waals surface area (Å²) in [5, 5.41) is 2.98. The number of carbonyl (C=O) groups is 1. The van der Waals surface area contributed by atoms with Gasteiger partial charge in [0.25, 0.3) is 0 Å². The Labute approximate surface area is 145 Å². The lowest BCUT2D eigenvalue weighted by atomic mass is 10.1. The average molecular weight is 334 g/mol. The molecule has 2 amide bonds. The van der Waals surface area contributed by atoms with Crippen molar-refractivity contribution in [1.82, 2.24) is 9.55 Å². The highest BCUT2D eigenvalue weighted by Gasteiger charge is 2.27. The molecule has 6 heteroatoms. The summed E-state index contributed by atoms with van der Waals surface area (Å²) in [6.07, 6.45) is 6.11. The van der Waals surface area contributed by atoms with Crippen LogP contribution in [0.3, 0.4) is 0 Å². The Morgan fingerprint density at radius 2 is 2.12 bits per heavy atom. The second-order valence-corrected chi connectivity index (χ2v) is 5.81. The molecule has 0 spiro atoms. The molecule has 6 nitrogen and oxygen atoms in total. The summed E-state index contributed by atoms with van der Waals surface area (Å²) in [7, 11) is 1.65. The summed E-state index contributed by atoms with van der Waals surface area (Å²) in [5.74, 6) is 0.829. The minimum Gasteiger partial charge on any atom is -0.496 e. The van der Waals surface area contributed by atoms with Gasteiger partial charge in [0.2, 0.25) is 0 Å². The van der Waals surface area contributed by atoms with Gasteiger partial charge in [-0.1, -0.05) is 12.1 Å². The third kappa shape index (κ3) is 2.82. The summed E-state index contributed by atoms with van der Waals surface area (Å²) in [6.45, 7) is 0.642. The Bertz CT molecular complexity index is 906. The molecule has 0 atom stereocenters. The predicted octanol–water partition coefficient (Wildman–Crippen LogP) is 3.48. The summed E-state index contributed by atoms with van der Waals surface area (Å²) in [5.41, 5.74) is 3.67. The van der Waals surface area contributed by atoms with E-state index in [0.717, 1.165) is 34.8 Å². The van der Waals surface area contributed by atoms with Gasteiger partial charge in [-0.25, -0.2) is 9.78 Å². The molecule has 25 heavy (non-hydrogen) atoms. The van der Waals surface area contributed by atoms with Gasteiger partial charge in [-0.2, -0.15) is 0 Å². The van der Waals surface area contributed by atoms with Gasteiger partial charge < -0.3 is 14.6 Å². The number of methoxy groups -OCH3 is 1. The molecule has 4 rings (SSSR count). The number of amides is 2. The molecule has 0 saturated heterocycles. The lowest BCUT2D eigenvalue weighted by Gasteiger charge is -2.19. The number of nitrogens with zero attached hydrogens (tertiary/aromatic N) is 3. The summed E-state index contributed by atoms with van der Waals surface area (Å²) in [6, 6.07) is 13.3. The van der Waals surface area contributed by atoms with E-state index in [1.54, 1.807) is 24.5 Å². The van der Waals surface area contributed by atoms with Gasteiger partial charge in [0, 0.05) is 35.9 Å². The van der Waals surface area contributed by atoms with E-state index < -0.39 is 0 Å². The second-order valence-electron chi connectivity index (χ2n) is 5.81. The summed E-state index contributed by atoms with van der Waals surface area (Å²) < 4.78 is 7.29. The molecule has 2 aromatic carbocycles. The standard InChI is InChI=1S/C19H18N4O2/c1-25-18-7-3-6-17-16(18)8-10-23(17)19(24)21-14-4-2-5-15(12-14)22-11-9-20-13-22/h2-7,9,11-13H,8,10H2,1H3,(H,21,24). The van der Waals surface area contributed by atoms with Crippen LogP contribution in [-0.4, -0.2) is 29.2 Å². The number of anilines is 2. The number of hydrogen-bond acceptors (Lipinski definition) is 3. The fraction of sp³-hybridized carbons (Fsp3) is 0.158. The topological polar surface area (TPSA) is 59.4 Å². The number of urea groups is 1. The fourth-order valence-electron chi connectivity index (χ4n) is 3.15. The number of rotatable bonds is 3. The Hall–Kier alpha value is -3.28. The molecule has 1 aliphatic heterocycles. The molecule has 1 aromatic heterocycles. The minimum absolute atomic E-state index is 0.144. The molecule has 126 valence electrons. The molecule has 0 unspecified atom stereocenters. The van der Waals surface area contributed by atoms with Crippen molar-refractivity contribution in [1.29, 1.82) is 0 Å². The maximum Gasteiger partial charge on any atom is 0.326 e. The number of aromatic nitrogens is 2. The van der Waals surface area contributed by atoms with E-state index in [2.05, 4.69) is 10.3 Å². The molecule has 3 aromatic rings. The maximum atomic E-state index is 12.7. The second kappa shape index (κ2) is 6.32. The maximum absolute atomic E-state index is 12.7. The van der Waals surface area contributed by atoms with Crippen LogP contribution in [0.15, 0.2) is 61.2 Å². The van der Waals surface area contributed by atoms with Gasteiger partial charge in [-0.3, -0.25) is 4.90 Å². The van der Waals surface area contributed by atoms with E-state index in [9.17, 15) is 4.79 Å². The molecular formula is C19H18N4O2. The average Bonchev–Trinajstić information content (AvgIpc) is 3.31. The van der Waals surface area contributed by atoms with Gasteiger partial charge >= 0.3 is 6.03 Å². The van der Waals surface area contributed by atoms with Gasteiger partial charge in [0.15, 0.2) is 0 Å². The van der Waals surface area contributed by atoms with E-state index in [-0.39, 0.29) is 6.03 Å². The molecule has 0 bridgehead atoms. The first-order valence-corrected chi connectivity index (χ1v) is 8.09. The van der Waals surface area contributed by atoms with E-state index >= 15 is 0 Å². The number of fused-ring (bicyclic) bond motifs is 1. The van der Waals surface area contributed by atoms with E-state index in [0.29, 0.717) is 6.54 Å². The van der Waals surface area contributed by atoms with Crippen LogP contribution in [-0.2, 0) is 6.42 Å². The normalized spacial score (nSPS) is 12.8. The zero-order valence-corrected chi connectivity index (χ0v) is 13.8. The van der Waals surface area contributed by atoms with Crippen LogP contribution in [0.1, 0.15) is 5.56 Å². The predicted molar refractivity (Wildman–Crippen MR) is 96.6 cm³/mol. The molecule has 0 saturated carbocycles. The van der Waals surface area contributed by atoms with Gasteiger partial charge in [0.1, 0.15) is 5.75 Å². The molecule has 1 aliphatic rings. The number of ether oxygens (including phenoxy) is 1. The molecular weight excluding hydrogens is 316 g/mol. The highest BCUT2D eigenvalue weighted by Crippen LogP contribution is 2.35. The smallest absolute Gasteiger partial charge is 0.326 e. The highest BCUT2D eigenvalue weighted by atomic mass is 16.5. The molecule has 0 radical (unpaired) electrons. The van der Waals surface area contributed by atoms with Crippen LogP contribution in [0, 0.1) is 0 Å². The third-order valence-electron chi connectivity index (χ3n) is 4.35. The lowest BCUT2D eigenvalue weighted by molar-refractivity contribution is 0.257. The number of hydrogen-bond donors (Lipinski definition) is 1. The Balaban J connectivity index is 1.56. The number of benzene rings is 2. The Morgan fingerprint density at radius 1 is 1.24 bits per heavy atom. The first-order valence-electron chi connectivity index (χ1n) is 8.09. The SMILES string of the molecule is COc1cccc2c1CCN2C(=O)Nc1cccc(-n2ccnc2)c1. The van der Waals surface area contributed by atoms with Crippen molar-refractivity contribution >= 4 is 17.4 Å². The summed E-state index contributed by atoms with van der Waals surface area (Å²) >= 11 is 0. The van der Waals surface area contributed by atoms with E-state index in [1.165, 1.54) is 0 Å². The van der Waals surface area contributed by atoms with Crippen LogP contribution in [0.5, 0.6) is 5.75 Å². The minimum atomic E-state index is -0.144. The van der Waals surface area contributed by atoms with Crippen LogP contribution in [0.2, 0.25) is 0 Å².